The first-order valence-electron chi connectivity index (χ1n) is 6.99. The van der Waals surface area contributed by atoms with E-state index in [1.807, 2.05) is 30.8 Å². The second-order valence-electron chi connectivity index (χ2n) is 4.96. The number of unbranched alkanes of at least 4 members (excludes halogenated alkanes) is 2. The third-order valence-corrected chi connectivity index (χ3v) is 5.14. The van der Waals surface area contributed by atoms with Gasteiger partial charge in [0.25, 0.3) is 5.91 Å². The van der Waals surface area contributed by atoms with Crippen LogP contribution in [0.2, 0.25) is 0 Å². The van der Waals surface area contributed by atoms with Crippen molar-refractivity contribution >= 4 is 28.6 Å². The topological polar surface area (TPSA) is 53.4 Å². The SMILES string of the molecule is Cc1nc(-c2ccsc2)sc1C(=O)N(C)CCCCCO. The molecule has 0 aliphatic heterocycles. The molecule has 0 aliphatic rings. The van der Waals surface area contributed by atoms with Crippen molar-refractivity contribution in [1.29, 1.82) is 0 Å². The zero-order valence-corrected chi connectivity index (χ0v) is 14.0. The van der Waals surface area contributed by atoms with Crippen molar-refractivity contribution in [1.82, 2.24) is 9.88 Å². The summed E-state index contributed by atoms with van der Waals surface area (Å²) in [4.78, 5) is 19.4. The Morgan fingerprint density at radius 2 is 2.19 bits per heavy atom. The lowest BCUT2D eigenvalue weighted by molar-refractivity contribution is 0.0796. The molecule has 2 rings (SSSR count). The highest BCUT2D eigenvalue weighted by Gasteiger charge is 2.19. The first-order valence-corrected chi connectivity index (χ1v) is 8.75. The van der Waals surface area contributed by atoms with E-state index in [2.05, 4.69) is 4.98 Å². The van der Waals surface area contributed by atoms with Crippen LogP contribution in [0.15, 0.2) is 16.8 Å². The van der Waals surface area contributed by atoms with Gasteiger partial charge in [-0.15, -0.1) is 11.3 Å². The molecular weight excluding hydrogens is 304 g/mol. The van der Waals surface area contributed by atoms with E-state index in [1.165, 1.54) is 11.3 Å². The number of rotatable bonds is 7. The normalized spacial score (nSPS) is 10.8. The van der Waals surface area contributed by atoms with Crippen molar-refractivity contribution in [2.45, 2.75) is 26.2 Å². The molecule has 2 heterocycles. The van der Waals surface area contributed by atoms with Gasteiger partial charge in [-0.25, -0.2) is 4.98 Å². The monoisotopic (exact) mass is 324 g/mol. The minimum atomic E-state index is 0.0375. The summed E-state index contributed by atoms with van der Waals surface area (Å²) in [7, 11) is 1.82. The Morgan fingerprint density at radius 3 is 2.86 bits per heavy atom. The lowest BCUT2D eigenvalue weighted by Gasteiger charge is -2.16. The molecule has 0 fully saturated rings. The van der Waals surface area contributed by atoms with Crippen LogP contribution in [-0.4, -0.2) is 41.1 Å². The van der Waals surface area contributed by atoms with Gasteiger partial charge in [0, 0.05) is 31.1 Å². The quantitative estimate of drug-likeness (QED) is 0.794. The maximum absolute atomic E-state index is 12.5. The van der Waals surface area contributed by atoms with Crippen molar-refractivity contribution in [3.8, 4) is 10.6 Å². The summed E-state index contributed by atoms with van der Waals surface area (Å²) in [6.07, 6.45) is 2.65. The van der Waals surface area contributed by atoms with Crippen molar-refractivity contribution in [3.05, 3.63) is 27.4 Å². The smallest absolute Gasteiger partial charge is 0.265 e. The molecule has 0 saturated carbocycles. The second-order valence-corrected chi connectivity index (χ2v) is 6.74. The van der Waals surface area contributed by atoms with Crippen LogP contribution < -0.4 is 0 Å². The van der Waals surface area contributed by atoms with Crippen LogP contribution in [0.25, 0.3) is 10.6 Å². The molecular formula is C15H20N2O2S2. The number of aryl methyl sites for hydroxylation is 1. The number of aliphatic hydroxyl groups is 1. The molecule has 6 heteroatoms. The van der Waals surface area contributed by atoms with Crippen LogP contribution in [0.3, 0.4) is 0 Å². The van der Waals surface area contributed by atoms with Gasteiger partial charge in [0.1, 0.15) is 9.88 Å². The zero-order valence-electron chi connectivity index (χ0n) is 12.3. The van der Waals surface area contributed by atoms with Crippen molar-refractivity contribution in [3.63, 3.8) is 0 Å². The number of aliphatic hydroxyl groups excluding tert-OH is 1. The molecule has 21 heavy (non-hydrogen) atoms. The van der Waals surface area contributed by atoms with Crippen molar-refractivity contribution in [2.75, 3.05) is 20.2 Å². The standard InChI is InChI=1S/C15H20N2O2S2/c1-11-13(15(19)17(2)7-4-3-5-8-18)21-14(16-11)12-6-9-20-10-12/h6,9-10,18H,3-5,7-8H2,1-2H3. The number of carbonyl (C=O) groups is 1. The van der Waals surface area contributed by atoms with Crippen molar-refractivity contribution < 1.29 is 9.90 Å². The van der Waals surface area contributed by atoms with E-state index in [0.29, 0.717) is 6.54 Å². The van der Waals surface area contributed by atoms with E-state index in [9.17, 15) is 4.79 Å². The molecule has 2 aromatic rings. The van der Waals surface area contributed by atoms with Gasteiger partial charge in [-0.05, 0) is 37.6 Å². The number of hydrogen-bond donors (Lipinski definition) is 1. The zero-order chi connectivity index (χ0) is 15.2. The van der Waals surface area contributed by atoms with Crippen molar-refractivity contribution in [2.24, 2.45) is 0 Å². The molecule has 0 spiro atoms. The number of hydrogen-bond acceptors (Lipinski definition) is 5. The Bertz CT molecular complexity index is 579. The van der Waals surface area contributed by atoms with Gasteiger partial charge >= 0.3 is 0 Å². The predicted molar refractivity (Wildman–Crippen MR) is 88.1 cm³/mol. The summed E-state index contributed by atoms with van der Waals surface area (Å²) in [5.41, 5.74) is 1.88. The molecule has 0 unspecified atom stereocenters. The van der Waals surface area contributed by atoms with Gasteiger partial charge in [-0.1, -0.05) is 0 Å². The molecule has 4 nitrogen and oxygen atoms in total. The maximum Gasteiger partial charge on any atom is 0.265 e. The van der Waals surface area contributed by atoms with E-state index in [1.54, 1.807) is 16.2 Å². The van der Waals surface area contributed by atoms with E-state index < -0.39 is 0 Å². The van der Waals surface area contributed by atoms with Crippen LogP contribution in [-0.2, 0) is 0 Å². The van der Waals surface area contributed by atoms with Crippen LogP contribution in [0.1, 0.15) is 34.6 Å². The van der Waals surface area contributed by atoms with Gasteiger partial charge in [-0.2, -0.15) is 11.3 Å². The van der Waals surface area contributed by atoms with E-state index >= 15 is 0 Å². The maximum atomic E-state index is 12.5. The fraction of sp³-hybridized carbons (Fsp3) is 0.467. The Balaban J connectivity index is 2.02. The average molecular weight is 324 g/mol. The molecule has 2 aromatic heterocycles. The highest BCUT2D eigenvalue weighted by Crippen LogP contribution is 2.30. The van der Waals surface area contributed by atoms with Crippen LogP contribution in [0, 0.1) is 6.92 Å². The minimum absolute atomic E-state index is 0.0375. The molecule has 0 radical (unpaired) electrons. The third-order valence-electron chi connectivity index (χ3n) is 3.26. The molecule has 0 saturated heterocycles. The summed E-state index contributed by atoms with van der Waals surface area (Å²) >= 11 is 3.09. The largest absolute Gasteiger partial charge is 0.396 e. The van der Waals surface area contributed by atoms with E-state index in [-0.39, 0.29) is 12.5 Å². The lowest BCUT2D eigenvalue weighted by Crippen LogP contribution is -2.27. The summed E-state index contributed by atoms with van der Waals surface area (Å²) in [5.74, 6) is 0.0375. The molecule has 0 atom stereocenters. The summed E-state index contributed by atoms with van der Waals surface area (Å²) < 4.78 is 0. The highest BCUT2D eigenvalue weighted by atomic mass is 32.1. The fourth-order valence-electron chi connectivity index (χ4n) is 2.02. The number of thiophene rings is 1. The first kappa shape index (κ1) is 16.1. The average Bonchev–Trinajstić information content (AvgIpc) is 3.11. The van der Waals surface area contributed by atoms with Gasteiger partial charge in [0.15, 0.2) is 0 Å². The van der Waals surface area contributed by atoms with Crippen LogP contribution in [0.4, 0.5) is 0 Å². The molecule has 0 bridgehead atoms. The number of amides is 1. The summed E-state index contributed by atoms with van der Waals surface area (Å²) in [5, 5.41) is 13.7. The third kappa shape index (κ3) is 4.12. The molecule has 0 aliphatic carbocycles. The highest BCUT2D eigenvalue weighted by molar-refractivity contribution is 7.17. The molecule has 0 aromatic carbocycles. The van der Waals surface area contributed by atoms with Gasteiger partial charge in [0.05, 0.1) is 5.69 Å². The predicted octanol–water partition coefficient (Wildman–Crippen LogP) is 3.41. The second kappa shape index (κ2) is 7.68. The molecule has 1 N–H and O–H groups in total. The Morgan fingerprint density at radius 1 is 1.38 bits per heavy atom. The lowest BCUT2D eigenvalue weighted by atomic mass is 10.2. The fourth-order valence-corrected chi connectivity index (χ4v) is 3.79. The minimum Gasteiger partial charge on any atom is -0.396 e. The van der Waals surface area contributed by atoms with Gasteiger partial charge < -0.3 is 10.0 Å². The molecule has 1 amide bonds. The first-order chi connectivity index (χ1) is 10.1. The number of aromatic nitrogens is 1. The van der Waals surface area contributed by atoms with Crippen LogP contribution >= 0.6 is 22.7 Å². The Labute approximate surface area is 133 Å². The van der Waals surface area contributed by atoms with Gasteiger partial charge in [0.2, 0.25) is 0 Å². The number of thiazole rings is 1. The molecule has 114 valence electrons. The van der Waals surface area contributed by atoms with Gasteiger partial charge in [-0.3, -0.25) is 4.79 Å². The summed E-state index contributed by atoms with van der Waals surface area (Å²) in [6, 6.07) is 2.02. The Kier molecular flexibility index (Phi) is 5.90. The van der Waals surface area contributed by atoms with E-state index in [0.717, 1.165) is 40.4 Å². The Hall–Kier alpha value is -1.24. The van der Waals surface area contributed by atoms with Crippen LogP contribution in [0.5, 0.6) is 0 Å². The number of nitrogens with zero attached hydrogens (tertiary/aromatic N) is 2. The summed E-state index contributed by atoms with van der Waals surface area (Å²) in [6.45, 7) is 2.82. The number of carbonyl (C=O) groups excluding carboxylic acids is 1. The van der Waals surface area contributed by atoms with E-state index in [4.69, 9.17) is 5.11 Å².